The Hall–Kier alpha value is -1.76. The first-order valence-corrected chi connectivity index (χ1v) is 6.41. The van der Waals surface area contributed by atoms with Gasteiger partial charge < -0.3 is 15.3 Å². The fourth-order valence-corrected chi connectivity index (χ4v) is 2.21. The van der Waals surface area contributed by atoms with Crippen molar-refractivity contribution in [3.8, 4) is 0 Å². The molecule has 0 aliphatic carbocycles. The van der Waals surface area contributed by atoms with E-state index in [-0.39, 0.29) is 18.2 Å². The normalized spacial score (nSPS) is 13.8. The van der Waals surface area contributed by atoms with Crippen LogP contribution >= 0.6 is 0 Å². The molecule has 0 saturated heterocycles. The summed E-state index contributed by atoms with van der Waals surface area (Å²) < 4.78 is 37.0. The zero-order chi connectivity index (χ0) is 14.8. The van der Waals surface area contributed by atoms with Crippen LogP contribution in [0.2, 0.25) is 0 Å². The van der Waals surface area contributed by atoms with Gasteiger partial charge in [-0.05, 0) is 30.7 Å². The fraction of sp³-hybridized carbons (Fsp3) is 0.462. The van der Waals surface area contributed by atoms with Crippen molar-refractivity contribution >= 4 is 11.0 Å². The van der Waals surface area contributed by atoms with Gasteiger partial charge in [-0.3, -0.25) is 0 Å². The van der Waals surface area contributed by atoms with Gasteiger partial charge in [-0.25, -0.2) is 4.79 Å². The maximum atomic E-state index is 12.3. The molecule has 0 saturated carbocycles. The molecular weight excluding hydrogens is 271 g/mol. The summed E-state index contributed by atoms with van der Waals surface area (Å²) >= 11 is 0. The SMILES string of the molecule is CCNC(CCC(F)(F)F)c1ccc2[nH]c(=O)[nH]c2c1. The van der Waals surface area contributed by atoms with Crippen molar-refractivity contribution in [2.45, 2.75) is 32.0 Å². The van der Waals surface area contributed by atoms with E-state index in [4.69, 9.17) is 0 Å². The van der Waals surface area contributed by atoms with Crippen LogP contribution in [0.1, 0.15) is 31.4 Å². The van der Waals surface area contributed by atoms with E-state index in [0.29, 0.717) is 17.6 Å². The lowest BCUT2D eigenvalue weighted by molar-refractivity contribution is -0.136. The monoisotopic (exact) mass is 287 g/mol. The summed E-state index contributed by atoms with van der Waals surface area (Å²) in [5, 5.41) is 3.04. The molecule has 1 aromatic carbocycles. The zero-order valence-electron chi connectivity index (χ0n) is 11.0. The minimum Gasteiger partial charge on any atom is -0.310 e. The largest absolute Gasteiger partial charge is 0.389 e. The third-order valence-electron chi connectivity index (χ3n) is 3.11. The van der Waals surface area contributed by atoms with Gasteiger partial charge in [0.2, 0.25) is 0 Å². The van der Waals surface area contributed by atoms with Crippen molar-refractivity contribution in [1.82, 2.24) is 15.3 Å². The van der Waals surface area contributed by atoms with E-state index in [1.807, 2.05) is 6.92 Å². The van der Waals surface area contributed by atoms with Crippen LogP contribution in [0.15, 0.2) is 23.0 Å². The quantitative estimate of drug-likeness (QED) is 0.792. The van der Waals surface area contributed by atoms with Gasteiger partial charge in [0.15, 0.2) is 0 Å². The van der Waals surface area contributed by atoms with Crippen LogP contribution in [-0.4, -0.2) is 22.7 Å². The molecule has 1 atom stereocenters. The predicted molar refractivity (Wildman–Crippen MR) is 70.6 cm³/mol. The number of hydrogen-bond donors (Lipinski definition) is 3. The Balaban J connectivity index is 2.23. The number of imidazole rings is 1. The van der Waals surface area contributed by atoms with Crippen molar-refractivity contribution in [1.29, 1.82) is 0 Å². The molecule has 0 aliphatic rings. The molecule has 1 heterocycles. The van der Waals surface area contributed by atoms with E-state index >= 15 is 0 Å². The number of aromatic nitrogens is 2. The number of halogens is 3. The van der Waals surface area contributed by atoms with Crippen molar-refractivity contribution < 1.29 is 13.2 Å². The Bertz CT molecular complexity index is 630. The standard InChI is InChI=1S/C13H16F3N3O/c1-2-17-9(5-6-13(14,15)16)8-3-4-10-11(7-8)19-12(20)18-10/h3-4,7,9,17H,2,5-6H2,1H3,(H2,18,19,20). The second-order valence-electron chi connectivity index (χ2n) is 4.65. The predicted octanol–water partition coefficient (Wildman–Crippen LogP) is 2.85. The summed E-state index contributed by atoms with van der Waals surface area (Å²) in [5.74, 6) is 0. The van der Waals surface area contributed by atoms with Gasteiger partial charge in [0.25, 0.3) is 0 Å². The van der Waals surface area contributed by atoms with Crippen LogP contribution in [0, 0.1) is 0 Å². The van der Waals surface area contributed by atoms with E-state index in [0.717, 1.165) is 5.56 Å². The number of benzene rings is 1. The number of nitrogens with one attached hydrogen (secondary N) is 3. The maximum absolute atomic E-state index is 12.3. The number of H-pyrrole nitrogens is 2. The third kappa shape index (κ3) is 3.63. The molecule has 7 heteroatoms. The first-order valence-electron chi connectivity index (χ1n) is 6.41. The van der Waals surface area contributed by atoms with E-state index in [9.17, 15) is 18.0 Å². The Morgan fingerprint density at radius 2 is 1.95 bits per heavy atom. The van der Waals surface area contributed by atoms with Gasteiger partial charge in [-0.2, -0.15) is 13.2 Å². The molecule has 0 fully saturated rings. The maximum Gasteiger partial charge on any atom is 0.389 e. The average Bonchev–Trinajstić information content (AvgIpc) is 2.72. The van der Waals surface area contributed by atoms with Crippen LogP contribution in [0.4, 0.5) is 13.2 Å². The first kappa shape index (κ1) is 14.6. The van der Waals surface area contributed by atoms with Gasteiger partial charge >= 0.3 is 11.9 Å². The van der Waals surface area contributed by atoms with Crippen molar-refractivity contribution in [2.24, 2.45) is 0 Å². The Morgan fingerprint density at radius 1 is 1.25 bits per heavy atom. The van der Waals surface area contributed by atoms with Crippen LogP contribution in [-0.2, 0) is 0 Å². The number of rotatable bonds is 5. The minimum atomic E-state index is -4.17. The first-order chi connectivity index (χ1) is 9.39. The molecule has 3 N–H and O–H groups in total. The summed E-state index contributed by atoms with van der Waals surface area (Å²) in [6, 6.07) is 4.75. The highest BCUT2D eigenvalue weighted by Crippen LogP contribution is 2.28. The van der Waals surface area contributed by atoms with E-state index in [1.165, 1.54) is 0 Å². The van der Waals surface area contributed by atoms with Gasteiger partial charge in [0, 0.05) is 12.5 Å². The van der Waals surface area contributed by atoms with Crippen molar-refractivity contribution in [3.05, 3.63) is 34.2 Å². The number of hydrogen-bond acceptors (Lipinski definition) is 2. The summed E-state index contributed by atoms with van der Waals surface area (Å²) in [7, 11) is 0. The number of aromatic amines is 2. The van der Waals surface area contributed by atoms with Crippen LogP contribution in [0.25, 0.3) is 11.0 Å². The molecule has 4 nitrogen and oxygen atoms in total. The van der Waals surface area contributed by atoms with E-state index in [1.54, 1.807) is 18.2 Å². The molecule has 0 radical (unpaired) electrons. The lowest BCUT2D eigenvalue weighted by Crippen LogP contribution is -2.23. The average molecular weight is 287 g/mol. The highest BCUT2D eigenvalue weighted by Gasteiger charge is 2.28. The highest BCUT2D eigenvalue weighted by molar-refractivity contribution is 5.75. The van der Waals surface area contributed by atoms with E-state index < -0.39 is 12.6 Å². The Kier molecular flexibility index (Phi) is 4.17. The molecular formula is C13H16F3N3O. The highest BCUT2D eigenvalue weighted by atomic mass is 19.4. The molecule has 20 heavy (non-hydrogen) atoms. The molecule has 2 rings (SSSR count). The molecule has 2 aromatic rings. The molecule has 0 aliphatic heterocycles. The topological polar surface area (TPSA) is 60.7 Å². The third-order valence-corrected chi connectivity index (χ3v) is 3.11. The molecule has 1 aromatic heterocycles. The van der Waals surface area contributed by atoms with Crippen LogP contribution in [0.3, 0.4) is 0 Å². The summed E-state index contributed by atoms with van der Waals surface area (Å²) in [6.45, 7) is 2.42. The summed E-state index contributed by atoms with van der Waals surface area (Å²) in [5.41, 5.74) is 1.65. The van der Waals surface area contributed by atoms with Gasteiger partial charge in [0.05, 0.1) is 11.0 Å². The van der Waals surface area contributed by atoms with Crippen LogP contribution < -0.4 is 11.0 Å². The Morgan fingerprint density at radius 3 is 2.60 bits per heavy atom. The second kappa shape index (κ2) is 5.70. The summed E-state index contributed by atoms with van der Waals surface area (Å²) in [6.07, 6.45) is -5.04. The fourth-order valence-electron chi connectivity index (χ4n) is 2.21. The lowest BCUT2D eigenvalue weighted by Gasteiger charge is -2.19. The molecule has 0 spiro atoms. The minimum absolute atomic E-state index is 0.0303. The lowest BCUT2D eigenvalue weighted by atomic mass is 10.0. The second-order valence-corrected chi connectivity index (χ2v) is 4.65. The zero-order valence-corrected chi connectivity index (χ0v) is 11.0. The smallest absolute Gasteiger partial charge is 0.310 e. The van der Waals surface area contributed by atoms with E-state index in [2.05, 4.69) is 15.3 Å². The van der Waals surface area contributed by atoms with Crippen molar-refractivity contribution in [2.75, 3.05) is 6.54 Å². The van der Waals surface area contributed by atoms with Gasteiger partial charge in [-0.15, -0.1) is 0 Å². The Labute approximate surface area is 113 Å². The van der Waals surface area contributed by atoms with Crippen molar-refractivity contribution in [3.63, 3.8) is 0 Å². The molecule has 1 unspecified atom stereocenters. The molecule has 0 bridgehead atoms. The number of alkyl halides is 3. The van der Waals surface area contributed by atoms with Crippen LogP contribution in [0.5, 0.6) is 0 Å². The molecule has 0 amide bonds. The molecule has 110 valence electrons. The summed E-state index contributed by atoms with van der Waals surface area (Å²) in [4.78, 5) is 16.4. The van der Waals surface area contributed by atoms with Gasteiger partial charge in [0.1, 0.15) is 0 Å². The van der Waals surface area contributed by atoms with Gasteiger partial charge in [-0.1, -0.05) is 13.0 Å². The number of fused-ring (bicyclic) bond motifs is 1.